The zero-order chi connectivity index (χ0) is 12.6. The van der Waals surface area contributed by atoms with Gasteiger partial charge in [0.1, 0.15) is 0 Å². The summed E-state index contributed by atoms with van der Waals surface area (Å²) in [6, 6.07) is 0. The van der Waals surface area contributed by atoms with Crippen molar-refractivity contribution in [3.05, 3.63) is 0 Å². The number of nitrogens with zero attached hydrogens (tertiary/aromatic N) is 1. The zero-order valence-corrected chi connectivity index (χ0v) is 10.5. The van der Waals surface area contributed by atoms with Crippen molar-refractivity contribution in [1.29, 1.82) is 0 Å². The molecule has 0 aromatic rings. The van der Waals surface area contributed by atoms with Crippen molar-refractivity contribution in [1.82, 2.24) is 4.90 Å². The number of carboxylic acids is 1. The van der Waals surface area contributed by atoms with Crippen LogP contribution in [0.3, 0.4) is 0 Å². The predicted molar refractivity (Wildman–Crippen MR) is 63.2 cm³/mol. The number of hydrogen-bond donors (Lipinski definition) is 1. The number of amides is 1. The smallest absolute Gasteiger partial charge is 0.303 e. The predicted octanol–water partition coefficient (Wildman–Crippen LogP) is 2.14. The first kappa shape index (κ1) is 14.9. The lowest BCUT2D eigenvalue weighted by molar-refractivity contribution is -0.137. The summed E-state index contributed by atoms with van der Waals surface area (Å²) < 4.78 is 0. The third-order valence-corrected chi connectivity index (χ3v) is 2.48. The van der Waals surface area contributed by atoms with Crippen LogP contribution >= 0.6 is 0 Å². The van der Waals surface area contributed by atoms with E-state index in [0.717, 1.165) is 19.4 Å². The molecule has 0 heterocycles. The number of carbonyl (C=O) groups excluding carboxylic acids is 1. The zero-order valence-electron chi connectivity index (χ0n) is 10.5. The minimum Gasteiger partial charge on any atom is -0.481 e. The molecule has 0 saturated carbocycles. The molecule has 4 nitrogen and oxygen atoms in total. The van der Waals surface area contributed by atoms with Crippen molar-refractivity contribution in [2.75, 3.05) is 13.6 Å². The minimum absolute atomic E-state index is 0.0463. The Morgan fingerprint density at radius 2 is 1.81 bits per heavy atom. The summed E-state index contributed by atoms with van der Waals surface area (Å²) in [6.45, 7) is 5.09. The molecule has 1 amide bonds. The summed E-state index contributed by atoms with van der Waals surface area (Å²) in [5, 5.41) is 8.44. The van der Waals surface area contributed by atoms with Gasteiger partial charge in [-0.1, -0.05) is 13.8 Å². The van der Waals surface area contributed by atoms with Gasteiger partial charge < -0.3 is 10.0 Å². The lowest BCUT2D eigenvalue weighted by Gasteiger charge is -2.17. The summed E-state index contributed by atoms with van der Waals surface area (Å²) in [5.74, 6) is -0.129. The Morgan fingerprint density at radius 1 is 1.19 bits per heavy atom. The molecule has 0 aromatic heterocycles. The third-order valence-electron chi connectivity index (χ3n) is 2.48. The van der Waals surface area contributed by atoms with Gasteiger partial charge in [-0.2, -0.15) is 0 Å². The second-order valence-corrected chi connectivity index (χ2v) is 4.60. The van der Waals surface area contributed by atoms with Gasteiger partial charge in [-0.05, 0) is 25.2 Å². The lowest BCUT2D eigenvalue weighted by Crippen LogP contribution is -2.27. The van der Waals surface area contributed by atoms with E-state index in [-0.39, 0.29) is 12.3 Å². The van der Waals surface area contributed by atoms with Gasteiger partial charge in [0.25, 0.3) is 0 Å². The van der Waals surface area contributed by atoms with Crippen molar-refractivity contribution in [3.8, 4) is 0 Å². The van der Waals surface area contributed by atoms with Crippen molar-refractivity contribution in [2.24, 2.45) is 5.92 Å². The molecule has 4 heteroatoms. The van der Waals surface area contributed by atoms with Gasteiger partial charge in [-0.3, -0.25) is 9.59 Å². The molecule has 0 atom stereocenters. The van der Waals surface area contributed by atoms with Crippen LogP contribution in [0.5, 0.6) is 0 Å². The standard InChI is InChI=1S/C12H23NO3/c1-10(2)6-5-9-13(3)11(14)7-4-8-12(15)16/h10H,4-9H2,1-3H3,(H,15,16). The Kier molecular flexibility index (Phi) is 7.60. The number of rotatable bonds is 8. The molecular formula is C12H23NO3. The van der Waals surface area contributed by atoms with Gasteiger partial charge in [0.2, 0.25) is 5.91 Å². The highest BCUT2D eigenvalue weighted by Gasteiger charge is 2.09. The number of carbonyl (C=O) groups is 2. The largest absolute Gasteiger partial charge is 0.481 e. The van der Waals surface area contributed by atoms with E-state index in [1.165, 1.54) is 0 Å². The molecule has 16 heavy (non-hydrogen) atoms. The Labute approximate surface area is 97.6 Å². The average molecular weight is 229 g/mol. The second-order valence-electron chi connectivity index (χ2n) is 4.60. The highest BCUT2D eigenvalue weighted by molar-refractivity contribution is 5.76. The lowest BCUT2D eigenvalue weighted by atomic mass is 10.1. The summed E-state index contributed by atoms with van der Waals surface area (Å²) >= 11 is 0. The molecule has 0 aromatic carbocycles. The van der Waals surface area contributed by atoms with Crippen molar-refractivity contribution in [2.45, 2.75) is 46.0 Å². The van der Waals surface area contributed by atoms with E-state index in [1.807, 2.05) is 0 Å². The van der Waals surface area contributed by atoms with Crippen LogP contribution in [0.25, 0.3) is 0 Å². The molecule has 0 unspecified atom stereocenters. The fourth-order valence-electron chi connectivity index (χ4n) is 1.44. The van der Waals surface area contributed by atoms with Crippen molar-refractivity contribution < 1.29 is 14.7 Å². The third kappa shape index (κ3) is 8.26. The average Bonchev–Trinajstić information content (AvgIpc) is 2.16. The molecule has 0 fully saturated rings. The van der Waals surface area contributed by atoms with E-state index < -0.39 is 5.97 Å². The Hall–Kier alpha value is -1.06. The Balaban J connectivity index is 3.61. The molecule has 0 spiro atoms. The minimum atomic E-state index is -0.838. The van der Waals surface area contributed by atoms with Gasteiger partial charge in [-0.25, -0.2) is 0 Å². The van der Waals surface area contributed by atoms with Gasteiger partial charge >= 0.3 is 5.97 Å². The summed E-state index contributed by atoms with van der Waals surface area (Å²) in [5.41, 5.74) is 0. The van der Waals surface area contributed by atoms with Crippen LogP contribution in [-0.2, 0) is 9.59 Å². The molecular weight excluding hydrogens is 206 g/mol. The first-order valence-electron chi connectivity index (χ1n) is 5.89. The van der Waals surface area contributed by atoms with E-state index in [9.17, 15) is 9.59 Å². The maximum atomic E-state index is 11.5. The molecule has 1 N–H and O–H groups in total. The molecule has 0 radical (unpaired) electrons. The summed E-state index contributed by atoms with van der Waals surface area (Å²) in [6.07, 6.45) is 2.98. The van der Waals surface area contributed by atoms with E-state index >= 15 is 0 Å². The molecule has 0 aliphatic rings. The maximum absolute atomic E-state index is 11.5. The van der Waals surface area contributed by atoms with E-state index in [2.05, 4.69) is 13.8 Å². The van der Waals surface area contributed by atoms with Crippen LogP contribution in [0, 0.1) is 5.92 Å². The Morgan fingerprint density at radius 3 is 2.31 bits per heavy atom. The Bertz CT molecular complexity index is 226. The van der Waals surface area contributed by atoms with Gasteiger partial charge in [0.05, 0.1) is 0 Å². The molecule has 0 aliphatic carbocycles. The second kappa shape index (κ2) is 8.13. The molecule has 0 bridgehead atoms. The number of hydrogen-bond acceptors (Lipinski definition) is 2. The van der Waals surface area contributed by atoms with Gasteiger partial charge in [0, 0.05) is 26.4 Å². The first-order chi connectivity index (χ1) is 7.43. The van der Waals surface area contributed by atoms with Crippen LogP contribution in [0.2, 0.25) is 0 Å². The topological polar surface area (TPSA) is 57.6 Å². The molecule has 0 aliphatic heterocycles. The monoisotopic (exact) mass is 229 g/mol. The van der Waals surface area contributed by atoms with E-state index in [1.54, 1.807) is 11.9 Å². The maximum Gasteiger partial charge on any atom is 0.303 e. The first-order valence-corrected chi connectivity index (χ1v) is 5.89. The fourth-order valence-corrected chi connectivity index (χ4v) is 1.44. The SMILES string of the molecule is CC(C)CCCN(C)C(=O)CCCC(=O)O. The number of carboxylic acid groups (broad SMARTS) is 1. The van der Waals surface area contributed by atoms with Gasteiger partial charge in [0.15, 0.2) is 0 Å². The van der Waals surface area contributed by atoms with Crippen LogP contribution in [0.4, 0.5) is 0 Å². The van der Waals surface area contributed by atoms with Crippen molar-refractivity contribution >= 4 is 11.9 Å². The highest BCUT2D eigenvalue weighted by Crippen LogP contribution is 2.06. The molecule has 0 saturated heterocycles. The van der Waals surface area contributed by atoms with E-state index in [0.29, 0.717) is 18.8 Å². The molecule has 94 valence electrons. The number of aliphatic carboxylic acids is 1. The fraction of sp³-hybridized carbons (Fsp3) is 0.833. The van der Waals surface area contributed by atoms with Crippen molar-refractivity contribution in [3.63, 3.8) is 0 Å². The van der Waals surface area contributed by atoms with Gasteiger partial charge in [-0.15, -0.1) is 0 Å². The summed E-state index contributed by atoms with van der Waals surface area (Å²) in [4.78, 5) is 23.5. The van der Waals surface area contributed by atoms with Crippen LogP contribution in [0.1, 0.15) is 46.0 Å². The normalized spacial score (nSPS) is 10.5. The van der Waals surface area contributed by atoms with Crippen LogP contribution in [0.15, 0.2) is 0 Å². The molecule has 0 rings (SSSR count). The summed E-state index contributed by atoms with van der Waals surface area (Å²) in [7, 11) is 1.78. The quantitative estimate of drug-likeness (QED) is 0.693. The highest BCUT2D eigenvalue weighted by atomic mass is 16.4. The van der Waals surface area contributed by atoms with Crippen LogP contribution < -0.4 is 0 Å². The van der Waals surface area contributed by atoms with E-state index in [4.69, 9.17) is 5.11 Å². The van der Waals surface area contributed by atoms with Crippen LogP contribution in [-0.4, -0.2) is 35.5 Å².